The Balaban J connectivity index is 1.42. The summed E-state index contributed by atoms with van der Waals surface area (Å²) in [4.78, 5) is 49.9. The maximum atomic E-state index is 13.6. The van der Waals surface area contributed by atoms with Crippen molar-refractivity contribution in [2.75, 3.05) is 37.6 Å². The highest BCUT2D eigenvalue weighted by Gasteiger charge is 2.34. The lowest BCUT2D eigenvalue weighted by Gasteiger charge is -2.40. The van der Waals surface area contributed by atoms with Crippen molar-refractivity contribution in [3.63, 3.8) is 0 Å². The van der Waals surface area contributed by atoms with Crippen LogP contribution in [0.1, 0.15) is 49.5 Å². The molecule has 3 heterocycles. The minimum Gasteiger partial charge on any atom is -0.480 e. The molecule has 0 radical (unpaired) electrons. The molecule has 4 rings (SSSR count). The second-order valence-corrected chi connectivity index (χ2v) is 10.2. The van der Waals surface area contributed by atoms with Crippen LogP contribution in [0.5, 0.6) is 0 Å². The number of piperazine rings is 1. The molecule has 1 N–H and O–H groups in total. The van der Waals surface area contributed by atoms with E-state index in [2.05, 4.69) is 30.7 Å². The number of nitrogens with zero attached hydrogens (tertiary/aromatic N) is 5. The fraction of sp³-hybridized carbons (Fsp3) is 0.500. The minimum atomic E-state index is -0.958. The van der Waals surface area contributed by atoms with E-state index in [0.717, 1.165) is 24.5 Å². The van der Waals surface area contributed by atoms with E-state index in [9.17, 15) is 19.5 Å². The molecule has 3 amide bonds. The number of carbonyl (C=O) groups is 3. The lowest BCUT2D eigenvalue weighted by Crippen LogP contribution is -2.55. The van der Waals surface area contributed by atoms with Crippen molar-refractivity contribution in [2.45, 2.75) is 52.2 Å². The molecule has 198 valence electrons. The van der Waals surface area contributed by atoms with Gasteiger partial charge in [0.05, 0.1) is 0 Å². The number of carbonyl (C=O) groups excluding carboxylic acids is 2. The molecule has 1 aromatic heterocycles. The topological polar surface area (TPSA) is 97.3 Å². The Kier molecular flexibility index (Phi) is 8.31. The van der Waals surface area contributed by atoms with Crippen LogP contribution in [0.25, 0.3) is 0 Å². The second kappa shape index (κ2) is 11.6. The molecular weight excluding hydrogens is 470 g/mol. The van der Waals surface area contributed by atoms with E-state index in [1.165, 1.54) is 4.90 Å². The van der Waals surface area contributed by atoms with E-state index < -0.39 is 12.0 Å². The normalized spacial score (nSPS) is 18.7. The summed E-state index contributed by atoms with van der Waals surface area (Å²) < 4.78 is 0. The van der Waals surface area contributed by atoms with Crippen LogP contribution in [0, 0.1) is 5.92 Å². The maximum Gasteiger partial charge on any atom is 0.326 e. The molecule has 2 aromatic rings. The summed E-state index contributed by atoms with van der Waals surface area (Å²) in [5, 5.41) is 9.41. The van der Waals surface area contributed by atoms with Crippen molar-refractivity contribution >= 4 is 23.7 Å². The van der Waals surface area contributed by atoms with Crippen molar-refractivity contribution in [1.29, 1.82) is 0 Å². The summed E-state index contributed by atoms with van der Waals surface area (Å²) in [6, 6.07) is 12.4. The second-order valence-electron chi connectivity index (χ2n) is 10.2. The monoisotopic (exact) mass is 507 g/mol. The van der Waals surface area contributed by atoms with Gasteiger partial charge in [0.2, 0.25) is 0 Å². The fourth-order valence-electron chi connectivity index (χ4n) is 4.98. The number of anilines is 1. The van der Waals surface area contributed by atoms with Crippen LogP contribution in [0.2, 0.25) is 0 Å². The molecule has 0 spiro atoms. The van der Waals surface area contributed by atoms with Gasteiger partial charge in [-0.1, -0.05) is 32.0 Å². The summed E-state index contributed by atoms with van der Waals surface area (Å²) in [7, 11) is 0. The van der Waals surface area contributed by atoms with Gasteiger partial charge in [0.25, 0.3) is 5.91 Å². The van der Waals surface area contributed by atoms with Crippen LogP contribution < -0.4 is 4.90 Å². The number of benzene rings is 1. The number of rotatable bonds is 7. The van der Waals surface area contributed by atoms with E-state index in [1.54, 1.807) is 18.3 Å². The summed E-state index contributed by atoms with van der Waals surface area (Å²) in [5.74, 6) is -0.00570. The number of likely N-dealkylation sites (tertiary alicyclic amines) is 1. The van der Waals surface area contributed by atoms with Gasteiger partial charge in [0.1, 0.15) is 11.9 Å². The Bertz CT molecular complexity index is 1080. The van der Waals surface area contributed by atoms with Crippen molar-refractivity contribution in [3.05, 3.63) is 59.8 Å². The molecule has 9 nitrogen and oxygen atoms in total. The number of hydrogen-bond acceptors (Lipinski definition) is 5. The van der Waals surface area contributed by atoms with Crippen molar-refractivity contribution in [1.82, 2.24) is 19.7 Å². The zero-order valence-electron chi connectivity index (χ0n) is 21.9. The summed E-state index contributed by atoms with van der Waals surface area (Å²) in [6.07, 6.45) is 2.97. The van der Waals surface area contributed by atoms with Gasteiger partial charge in [-0.05, 0) is 55.5 Å². The zero-order valence-corrected chi connectivity index (χ0v) is 21.9. The largest absolute Gasteiger partial charge is 0.480 e. The van der Waals surface area contributed by atoms with Gasteiger partial charge in [-0.3, -0.25) is 4.79 Å². The van der Waals surface area contributed by atoms with Crippen LogP contribution in [0.3, 0.4) is 0 Å². The standard InChI is InChI=1S/C28H37N5O4/c1-20(2)21(3)33(28(37)31-17-15-30(16-18-31)25-8-4-5-13-29-25)19-22-9-11-23(12-10-22)26(34)32-14-6-7-24(32)27(35)36/h4-5,8-13,20-21,24H,6-7,14-19H2,1-3H3,(H,35,36)/t21?,24-/m1/s1. The van der Waals surface area contributed by atoms with Crippen molar-refractivity contribution in [3.8, 4) is 0 Å². The van der Waals surface area contributed by atoms with Gasteiger partial charge in [-0.2, -0.15) is 0 Å². The minimum absolute atomic E-state index is 0.0170. The third kappa shape index (κ3) is 6.03. The third-order valence-corrected chi connectivity index (χ3v) is 7.58. The molecule has 0 bridgehead atoms. The lowest BCUT2D eigenvalue weighted by molar-refractivity contribution is -0.141. The van der Waals surface area contributed by atoms with Gasteiger partial charge >= 0.3 is 12.0 Å². The van der Waals surface area contributed by atoms with Crippen LogP contribution >= 0.6 is 0 Å². The fourth-order valence-corrected chi connectivity index (χ4v) is 4.98. The third-order valence-electron chi connectivity index (χ3n) is 7.58. The molecule has 0 aliphatic carbocycles. The van der Waals surface area contributed by atoms with E-state index in [1.807, 2.05) is 40.1 Å². The first-order valence-electron chi connectivity index (χ1n) is 13.1. The van der Waals surface area contributed by atoms with Crippen LogP contribution in [-0.4, -0.2) is 87.5 Å². The first-order chi connectivity index (χ1) is 17.8. The SMILES string of the molecule is CC(C)C(C)N(Cc1ccc(C(=O)N2CCC[C@@H]2C(=O)O)cc1)C(=O)N1CCN(c2ccccn2)CC1. The molecule has 9 heteroatoms. The van der Waals surface area contributed by atoms with Crippen LogP contribution in [0.15, 0.2) is 48.7 Å². The number of urea groups is 1. The van der Waals surface area contributed by atoms with Crippen molar-refractivity contribution in [2.24, 2.45) is 5.92 Å². The molecule has 2 atom stereocenters. The number of carboxylic acids is 1. The maximum absolute atomic E-state index is 13.6. The zero-order chi connectivity index (χ0) is 26.5. The smallest absolute Gasteiger partial charge is 0.326 e. The highest BCUT2D eigenvalue weighted by Crippen LogP contribution is 2.23. The van der Waals surface area contributed by atoms with E-state index in [-0.39, 0.29) is 23.9 Å². The molecule has 0 saturated carbocycles. The number of amides is 3. The Labute approximate surface area is 218 Å². The quantitative estimate of drug-likeness (QED) is 0.616. The molecule has 1 aromatic carbocycles. The number of aromatic nitrogens is 1. The molecular formula is C28H37N5O4. The summed E-state index contributed by atoms with van der Waals surface area (Å²) in [6.45, 7) is 9.92. The highest BCUT2D eigenvalue weighted by molar-refractivity contribution is 5.97. The first kappa shape index (κ1) is 26.4. The predicted molar refractivity (Wildman–Crippen MR) is 141 cm³/mol. The number of carboxylic acid groups (broad SMARTS) is 1. The molecule has 2 fully saturated rings. The first-order valence-corrected chi connectivity index (χ1v) is 13.1. The highest BCUT2D eigenvalue weighted by atomic mass is 16.4. The summed E-state index contributed by atoms with van der Waals surface area (Å²) in [5.41, 5.74) is 1.40. The van der Waals surface area contributed by atoms with Gasteiger partial charge < -0.3 is 24.7 Å². The van der Waals surface area contributed by atoms with Crippen LogP contribution in [0.4, 0.5) is 10.6 Å². The Morgan fingerprint density at radius 1 is 1.00 bits per heavy atom. The Hall–Kier alpha value is -3.62. The average Bonchev–Trinajstić information content (AvgIpc) is 3.42. The molecule has 1 unspecified atom stereocenters. The molecule has 2 saturated heterocycles. The van der Waals surface area contributed by atoms with E-state index in [0.29, 0.717) is 44.6 Å². The Morgan fingerprint density at radius 3 is 2.30 bits per heavy atom. The summed E-state index contributed by atoms with van der Waals surface area (Å²) >= 11 is 0. The molecule has 2 aliphatic rings. The molecule has 37 heavy (non-hydrogen) atoms. The molecule has 2 aliphatic heterocycles. The van der Waals surface area contributed by atoms with Gasteiger partial charge in [0, 0.05) is 57.1 Å². The average molecular weight is 508 g/mol. The van der Waals surface area contributed by atoms with E-state index >= 15 is 0 Å². The van der Waals surface area contributed by atoms with Crippen molar-refractivity contribution < 1.29 is 19.5 Å². The Morgan fingerprint density at radius 2 is 1.70 bits per heavy atom. The van der Waals surface area contributed by atoms with E-state index in [4.69, 9.17) is 0 Å². The number of pyridine rings is 1. The predicted octanol–water partition coefficient (Wildman–Crippen LogP) is 3.56. The van der Waals surface area contributed by atoms with Gasteiger partial charge in [0.15, 0.2) is 0 Å². The van der Waals surface area contributed by atoms with Crippen LogP contribution in [-0.2, 0) is 11.3 Å². The number of hydrogen-bond donors (Lipinski definition) is 1. The van der Waals surface area contributed by atoms with Gasteiger partial charge in [-0.15, -0.1) is 0 Å². The lowest BCUT2D eigenvalue weighted by atomic mass is 10.0. The van der Waals surface area contributed by atoms with Gasteiger partial charge in [-0.25, -0.2) is 14.6 Å². The number of aliphatic carboxylic acids is 1.